The van der Waals surface area contributed by atoms with E-state index in [1.807, 2.05) is 0 Å². The fourth-order valence-electron chi connectivity index (χ4n) is 0.827. The third kappa shape index (κ3) is 4.41. The topological polar surface area (TPSA) is 20.2 Å². The molecule has 0 aliphatic carbocycles. The van der Waals surface area contributed by atoms with Crippen molar-refractivity contribution < 1.29 is 18.3 Å². The Labute approximate surface area is 83.9 Å². The molecule has 0 unspecified atom stereocenters. The minimum atomic E-state index is -4.09. The SMILES string of the molecule is Oc1ccc(SCCC(F)(F)F)cc1. The molecule has 0 saturated carbocycles. The first-order valence-corrected chi connectivity index (χ1v) is 4.94. The van der Waals surface area contributed by atoms with Crippen LogP contribution in [0.5, 0.6) is 5.75 Å². The zero-order chi connectivity index (χ0) is 10.6. The number of halogens is 3. The highest BCUT2D eigenvalue weighted by Gasteiger charge is 2.26. The maximum atomic E-state index is 11.8. The zero-order valence-corrected chi connectivity index (χ0v) is 8.03. The summed E-state index contributed by atoms with van der Waals surface area (Å²) in [6.45, 7) is 0. The average molecular weight is 222 g/mol. The molecule has 0 bridgehead atoms. The van der Waals surface area contributed by atoms with Crippen molar-refractivity contribution in [3.8, 4) is 5.75 Å². The van der Waals surface area contributed by atoms with Crippen LogP contribution in [0, 0.1) is 0 Å². The monoisotopic (exact) mass is 222 g/mol. The Kier molecular flexibility index (Phi) is 3.69. The zero-order valence-electron chi connectivity index (χ0n) is 7.21. The van der Waals surface area contributed by atoms with Gasteiger partial charge in [-0.3, -0.25) is 0 Å². The van der Waals surface area contributed by atoms with E-state index in [-0.39, 0.29) is 11.5 Å². The van der Waals surface area contributed by atoms with Crippen LogP contribution >= 0.6 is 11.8 Å². The van der Waals surface area contributed by atoms with Crippen LogP contribution < -0.4 is 0 Å². The van der Waals surface area contributed by atoms with Crippen LogP contribution in [0.3, 0.4) is 0 Å². The molecule has 5 heteroatoms. The Morgan fingerprint density at radius 2 is 1.71 bits per heavy atom. The van der Waals surface area contributed by atoms with Crippen molar-refractivity contribution in [1.29, 1.82) is 0 Å². The van der Waals surface area contributed by atoms with E-state index in [1.165, 1.54) is 12.1 Å². The normalized spacial score (nSPS) is 11.6. The van der Waals surface area contributed by atoms with Gasteiger partial charge in [0.2, 0.25) is 0 Å². The van der Waals surface area contributed by atoms with Gasteiger partial charge in [0, 0.05) is 10.6 Å². The van der Waals surface area contributed by atoms with Crippen LogP contribution in [0.1, 0.15) is 6.42 Å². The van der Waals surface area contributed by atoms with E-state index < -0.39 is 12.6 Å². The lowest BCUT2D eigenvalue weighted by Crippen LogP contribution is -2.07. The largest absolute Gasteiger partial charge is 0.508 e. The molecule has 0 aliphatic rings. The summed E-state index contributed by atoms with van der Waals surface area (Å²) < 4.78 is 35.3. The number of hydrogen-bond donors (Lipinski definition) is 1. The highest BCUT2D eigenvalue weighted by atomic mass is 32.2. The second-order valence-electron chi connectivity index (χ2n) is 2.71. The minimum Gasteiger partial charge on any atom is -0.508 e. The van der Waals surface area contributed by atoms with E-state index in [9.17, 15) is 13.2 Å². The van der Waals surface area contributed by atoms with Crippen molar-refractivity contribution in [3.05, 3.63) is 24.3 Å². The van der Waals surface area contributed by atoms with E-state index >= 15 is 0 Å². The Bertz CT molecular complexity index is 281. The molecular weight excluding hydrogens is 213 g/mol. The van der Waals surface area contributed by atoms with Gasteiger partial charge in [-0.05, 0) is 24.3 Å². The van der Waals surface area contributed by atoms with Gasteiger partial charge in [-0.15, -0.1) is 11.8 Å². The second kappa shape index (κ2) is 4.59. The predicted octanol–water partition coefficient (Wildman–Crippen LogP) is 3.44. The number of phenols is 1. The molecule has 0 fully saturated rings. The van der Waals surface area contributed by atoms with Gasteiger partial charge >= 0.3 is 6.18 Å². The second-order valence-corrected chi connectivity index (χ2v) is 3.88. The van der Waals surface area contributed by atoms with Gasteiger partial charge in [-0.2, -0.15) is 13.2 Å². The van der Waals surface area contributed by atoms with Gasteiger partial charge < -0.3 is 5.11 Å². The molecule has 78 valence electrons. The van der Waals surface area contributed by atoms with Gasteiger partial charge in [0.1, 0.15) is 5.75 Å². The van der Waals surface area contributed by atoms with Crippen molar-refractivity contribution in [2.75, 3.05) is 5.75 Å². The molecule has 0 spiro atoms. The molecule has 0 amide bonds. The van der Waals surface area contributed by atoms with E-state index in [4.69, 9.17) is 5.11 Å². The van der Waals surface area contributed by atoms with Crippen LogP contribution in [-0.2, 0) is 0 Å². The predicted molar refractivity (Wildman–Crippen MR) is 49.5 cm³/mol. The van der Waals surface area contributed by atoms with E-state index in [0.29, 0.717) is 0 Å². The smallest absolute Gasteiger partial charge is 0.389 e. The molecule has 0 aliphatic heterocycles. The van der Waals surface area contributed by atoms with E-state index in [2.05, 4.69) is 0 Å². The van der Waals surface area contributed by atoms with Gasteiger partial charge in [0.05, 0.1) is 6.42 Å². The number of benzene rings is 1. The number of phenolic OH excluding ortho intramolecular Hbond substituents is 1. The van der Waals surface area contributed by atoms with Crippen LogP contribution in [0.4, 0.5) is 13.2 Å². The number of rotatable bonds is 3. The summed E-state index contributed by atoms with van der Waals surface area (Å²) in [5.41, 5.74) is 0. The van der Waals surface area contributed by atoms with Crippen LogP contribution in [0.15, 0.2) is 29.2 Å². The minimum absolute atomic E-state index is 0.00821. The number of aromatic hydroxyl groups is 1. The fraction of sp³-hybridized carbons (Fsp3) is 0.333. The highest BCUT2D eigenvalue weighted by Crippen LogP contribution is 2.26. The fourth-order valence-corrected chi connectivity index (χ4v) is 1.72. The standard InChI is InChI=1S/C9H9F3OS/c10-9(11,12)5-6-14-8-3-1-7(13)2-4-8/h1-4,13H,5-6H2. The van der Waals surface area contributed by atoms with Crippen molar-refractivity contribution >= 4 is 11.8 Å². The molecule has 0 radical (unpaired) electrons. The summed E-state index contributed by atoms with van der Waals surface area (Å²) in [5, 5.41) is 8.92. The van der Waals surface area contributed by atoms with Gasteiger partial charge in [-0.1, -0.05) is 0 Å². The Morgan fingerprint density at radius 3 is 2.21 bits per heavy atom. The lowest BCUT2D eigenvalue weighted by molar-refractivity contribution is -0.129. The molecule has 1 rings (SSSR count). The molecule has 0 saturated heterocycles. The lowest BCUT2D eigenvalue weighted by Gasteiger charge is -2.05. The van der Waals surface area contributed by atoms with Crippen LogP contribution in [0.2, 0.25) is 0 Å². The van der Waals surface area contributed by atoms with Crippen LogP contribution in [0.25, 0.3) is 0 Å². The quantitative estimate of drug-likeness (QED) is 0.790. The number of thioether (sulfide) groups is 1. The summed E-state index contributed by atoms with van der Waals surface area (Å²) in [7, 11) is 0. The number of alkyl halides is 3. The summed E-state index contributed by atoms with van der Waals surface area (Å²) >= 11 is 1.12. The Balaban J connectivity index is 2.35. The third-order valence-electron chi connectivity index (χ3n) is 1.49. The van der Waals surface area contributed by atoms with Crippen molar-refractivity contribution in [3.63, 3.8) is 0 Å². The van der Waals surface area contributed by atoms with E-state index in [1.54, 1.807) is 12.1 Å². The molecule has 1 N–H and O–H groups in total. The van der Waals surface area contributed by atoms with E-state index in [0.717, 1.165) is 16.7 Å². The molecule has 1 aromatic rings. The highest BCUT2D eigenvalue weighted by molar-refractivity contribution is 7.99. The molecule has 0 atom stereocenters. The third-order valence-corrected chi connectivity index (χ3v) is 2.50. The summed E-state index contributed by atoms with van der Waals surface area (Å²) in [5.74, 6) is 0.124. The molecule has 14 heavy (non-hydrogen) atoms. The summed E-state index contributed by atoms with van der Waals surface area (Å²) in [6, 6.07) is 6.10. The lowest BCUT2D eigenvalue weighted by atomic mass is 10.3. The molecule has 0 heterocycles. The maximum Gasteiger partial charge on any atom is 0.389 e. The Hall–Kier alpha value is -0.840. The van der Waals surface area contributed by atoms with Gasteiger partial charge in [-0.25, -0.2) is 0 Å². The summed E-state index contributed by atoms with van der Waals surface area (Å²) in [6.07, 6.45) is -4.89. The van der Waals surface area contributed by atoms with Crippen molar-refractivity contribution in [1.82, 2.24) is 0 Å². The van der Waals surface area contributed by atoms with Crippen molar-refractivity contribution in [2.45, 2.75) is 17.5 Å². The Morgan fingerprint density at radius 1 is 1.14 bits per heavy atom. The first-order valence-electron chi connectivity index (χ1n) is 3.96. The van der Waals surface area contributed by atoms with Gasteiger partial charge in [0.15, 0.2) is 0 Å². The first-order chi connectivity index (χ1) is 6.47. The molecular formula is C9H9F3OS. The molecule has 1 aromatic carbocycles. The molecule has 1 nitrogen and oxygen atoms in total. The van der Waals surface area contributed by atoms with Gasteiger partial charge in [0.25, 0.3) is 0 Å². The average Bonchev–Trinajstić information content (AvgIpc) is 2.06. The van der Waals surface area contributed by atoms with Crippen molar-refractivity contribution in [2.24, 2.45) is 0 Å². The summed E-state index contributed by atoms with van der Waals surface area (Å²) in [4.78, 5) is 0.729. The first kappa shape index (κ1) is 11.2. The van der Waals surface area contributed by atoms with Crippen LogP contribution in [-0.4, -0.2) is 17.0 Å². The maximum absolute atomic E-state index is 11.8. The molecule has 0 aromatic heterocycles. The number of hydrogen-bond acceptors (Lipinski definition) is 2.